The third-order valence-corrected chi connectivity index (χ3v) is 14.7. The van der Waals surface area contributed by atoms with Gasteiger partial charge in [0, 0.05) is 111 Å². The van der Waals surface area contributed by atoms with E-state index in [9.17, 15) is 28.6 Å². The lowest BCUT2D eigenvalue weighted by atomic mass is 9.88. The number of likely N-dealkylation sites (N-methyl/N-ethyl adjacent to an activating group) is 1. The van der Waals surface area contributed by atoms with E-state index < -0.39 is 43.2 Å². The molecule has 9 atom stereocenters. The van der Waals surface area contributed by atoms with Crippen molar-refractivity contribution >= 4 is 36.8 Å². The molecule has 0 aliphatic carbocycles. The summed E-state index contributed by atoms with van der Waals surface area (Å²) in [5, 5.41) is 3.52. The van der Waals surface area contributed by atoms with E-state index in [4.69, 9.17) is 20.0 Å². The van der Waals surface area contributed by atoms with E-state index in [1.165, 1.54) is 6.66 Å². The Labute approximate surface area is 376 Å². The molecule has 63 heavy (non-hydrogen) atoms. The molecule has 3 amide bonds. The minimum absolute atomic E-state index is 0.00810. The zero-order chi connectivity index (χ0) is 47.0. The van der Waals surface area contributed by atoms with Gasteiger partial charge in [0.2, 0.25) is 25.1 Å². The number of methoxy groups -OCH3 is 2. The Bertz CT molecular complexity index is 1760. The number of hydrogen-bond acceptors (Lipinski definition) is 9. The van der Waals surface area contributed by atoms with Crippen molar-refractivity contribution < 1.29 is 38.1 Å². The van der Waals surface area contributed by atoms with Gasteiger partial charge in [-0.25, -0.2) is 4.99 Å². The summed E-state index contributed by atoms with van der Waals surface area (Å²) in [5.74, 6) is -0.694. The average Bonchev–Trinajstić information content (AvgIpc) is 3.74. The van der Waals surface area contributed by atoms with Crippen molar-refractivity contribution in [2.75, 3.05) is 81.3 Å². The molecule has 17 nitrogen and oxygen atoms in total. The third-order valence-electron chi connectivity index (χ3n) is 12.9. The van der Waals surface area contributed by atoms with Crippen molar-refractivity contribution in [3.05, 3.63) is 46.3 Å². The van der Waals surface area contributed by atoms with Gasteiger partial charge in [-0.3, -0.25) is 23.7 Å². The first-order chi connectivity index (χ1) is 29.8. The Morgan fingerprint density at radius 3 is 2.13 bits per heavy atom. The third kappa shape index (κ3) is 15.0. The van der Waals surface area contributed by atoms with Gasteiger partial charge >= 0.3 is 0 Å². The summed E-state index contributed by atoms with van der Waals surface area (Å²) in [7, 11) is 5.04. The number of benzene rings is 1. The number of carbonyl (C=O) groups is 4. The standard InChI is InChI=1S/C45H76N9O8P/c1-12-32(4)42(51(8)44(58)41(31(2)3)48-45(50(6)7)53-26-24-52(25-27-53)39(56)21-16-22-47-49-46)38(61-9)30-40(57)54-23-17-20-36(54)43(62-10)33(5)37(55)29-35(63(11,59)60)28-34-18-14-13-15-19-34/h13-15,18-19,31-33,35-36,38,41-43H,12,16-17,20-30H2,1-11H3,(H,59,60)/t32-,33-,35+,36-,38+,41-,42-,43+/m0/s1. The molecule has 2 saturated heterocycles. The molecule has 1 N–H and O–H groups in total. The second-order valence-corrected chi connectivity index (χ2v) is 20.6. The van der Waals surface area contributed by atoms with Crippen molar-refractivity contribution in [2.45, 2.75) is 122 Å². The van der Waals surface area contributed by atoms with E-state index in [0.717, 1.165) is 18.4 Å². The van der Waals surface area contributed by atoms with Gasteiger partial charge in [0.25, 0.3) is 0 Å². The van der Waals surface area contributed by atoms with E-state index in [-0.39, 0.29) is 60.8 Å². The van der Waals surface area contributed by atoms with Gasteiger partial charge in [0.15, 0.2) is 5.96 Å². The normalized spacial score (nSPS) is 20.2. The number of azide groups is 1. The molecule has 3 rings (SSSR count). The van der Waals surface area contributed by atoms with Crippen LogP contribution in [0, 0.1) is 17.8 Å². The maximum Gasteiger partial charge on any atom is 0.247 e. The molecule has 0 bridgehead atoms. The van der Waals surface area contributed by atoms with Crippen LogP contribution in [-0.2, 0) is 39.6 Å². The molecule has 1 unspecified atom stereocenters. The quantitative estimate of drug-likeness (QED) is 0.0276. The number of likely N-dealkylation sites (tertiary alicyclic amines) is 1. The molecule has 0 radical (unpaired) electrons. The van der Waals surface area contributed by atoms with Crippen LogP contribution in [0.25, 0.3) is 10.4 Å². The highest BCUT2D eigenvalue weighted by atomic mass is 31.2. The molecule has 2 aliphatic rings. The lowest BCUT2D eigenvalue weighted by molar-refractivity contribution is -0.146. The SMILES string of the molecule is CC[C@H](C)[C@@H]([C@@H](CC(=O)N1CCC[C@H]1[C@H](OC)[C@@H](C)C(=O)C[C@@H](Cc1ccccc1)P(C)(=O)O)OC)N(C)C(=O)[C@@H](N=C(N(C)C)N1CCN(C(=O)CCCN=[N+]=[N-])CC1)C(C)C. The molecular formula is C45H76N9O8P. The molecule has 2 aliphatic heterocycles. The number of Topliss-reactive ketones (excluding diaryl/α,β-unsaturated/α-hetero) is 1. The summed E-state index contributed by atoms with van der Waals surface area (Å²) in [4.78, 5) is 83.5. The number of nitrogens with zero attached hydrogens (tertiary/aromatic N) is 9. The number of rotatable bonds is 23. The van der Waals surface area contributed by atoms with Crippen LogP contribution in [-0.4, -0.2) is 176 Å². The van der Waals surface area contributed by atoms with Gasteiger partial charge < -0.3 is 38.9 Å². The smallest absolute Gasteiger partial charge is 0.247 e. The molecule has 2 heterocycles. The number of piperazine rings is 1. The molecule has 354 valence electrons. The Hall–Kier alpha value is -4.01. The van der Waals surface area contributed by atoms with Crippen LogP contribution in [0.5, 0.6) is 0 Å². The van der Waals surface area contributed by atoms with E-state index in [1.54, 1.807) is 38.0 Å². The lowest BCUT2D eigenvalue weighted by Crippen LogP contribution is -2.56. The first kappa shape index (κ1) is 53.3. The predicted molar refractivity (Wildman–Crippen MR) is 247 cm³/mol. The Kier molecular flexibility index (Phi) is 21.6. The summed E-state index contributed by atoms with van der Waals surface area (Å²) in [6.07, 6.45) is 1.86. The fourth-order valence-corrected chi connectivity index (χ4v) is 10.1. The Morgan fingerprint density at radius 1 is 0.952 bits per heavy atom. The van der Waals surface area contributed by atoms with Gasteiger partial charge in [-0.05, 0) is 48.6 Å². The fraction of sp³-hybridized carbons (Fsp3) is 0.756. The summed E-state index contributed by atoms with van der Waals surface area (Å²) in [6.45, 7) is 14.0. The highest BCUT2D eigenvalue weighted by Gasteiger charge is 2.43. The fourth-order valence-electron chi connectivity index (χ4n) is 9.02. The minimum atomic E-state index is -3.62. The topological polar surface area (TPSA) is 201 Å². The monoisotopic (exact) mass is 902 g/mol. The zero-order valence-electron chi connectivity index (χ0n) is 39.8. The molecular weight excluding hydrogens is 826 g/mol. The molecule has 18 heteroatoms. The van der Waals surface area contributed by atoms with Crippen LogP contribution in [0.2, 0.25) is 0 Å². The van der Waals surface area contributed by atoms with Crippen molar-refractivity contribution in [1.82, 2.24) is 24.5 Å². The molecule has 1 aromatic carbocycles. The van der Waals surface area contributed by atoms with Crippen LogP contribution in [0.3, 0.4) is 0 Å². The van der Waals surface area contributed by atoms with Gasteiger partial charge in [-0.15, -0.1) is 0 Å². The van der Waals surface area contributed by atoms with Crippen LogP contribution in [0.1, 0.15) is 85.1 Å². The Balaban J connectivity index is 1.79. The van der Waals surface area contributed by atoms with Gasteiger partial charge in [-0.1, -0.05) is 76.5 Å². The molecule has 0 saturated carbocycles. The van der Waals surface area contributed by atoms with Crippen molar-refractivity contribution in [3.8, 4) is 0 Å². The highest BCUT2D eigenvalue weighted by Crippen LogP contribution is 2.46. The zero-order valence-corrected chi connectivity index (χ0v) is 40.7. The first-order valence-electron chi connectivity index (χ1n) is 22.6. The highest BCUT2D eigenvalue weighted by molar-refractivity contribution is 7.58. The maximum atomic E-state index is 14.7. The van der Waals surface area contributed by atoms with Crippen molar-refractivity contribution in [1.29, 1.82) is 0 Å². The number of ketones is 1. The number of guanidine groups is 1. The minimum Gasteiger partial charge on any atom is -0.379 e. The average molecular weight is 902 g/mol. The van der Waals surface area contributed by atoms with Crippen molar-refractivity contribution in [3.63, 3.8) is 0 Å². The largest absolute Gasteiger partial charge is 0.379 e. The summed E-state index contributed by atoms with van der Waals surface area (Å²) in [6, 6.07) is 7.80. The molecule has 0 spiro atoms. The van der Waals surface area contributed by atoms with Crippen LogP contribution in [0.4, 0.5) is 0 Å². The molecule has 0 aromatic heterocycles. The second kappa shape index (κ2) is 25.5. The molecule has 1 aromatic rings. The first-order valence-corrected chi connectivity index (χ1v) is 24.8. The number of ether oxygens (including phenoxy) is 2. The van der Waals surface area contributed by atoms with Crippen LogP contribution < -0.4 is 0 Å². The summed E-state index contributed by atoms with van der Waals surface area (Å²) in [5.41, 5.74) is 8.67. The summed E-state index contributed by atoms with van der Waals surface area (Å²) < 4.78 is 25.1. The molecule has 2 fully saturated rings. The Morgan fingerprint density at radius 2 is 1.59 bits per heavy atom. The van der Waals surface area contributed by atoms with E-state index in [1.807, 2.05) is 75.0 Å². The van der Waals surface area contributed by atoms with Gasteiger partial charge in [0.05, 0.1) is 30.7 Å². The van der Waals surface area contributed by atoms with Gasteiger partial charge in [-0.2, -0.15) is 0 Å². The maximum absolute atomic E-state index is 14.7. The number of aliphatic imine (C=N–C) groups is 1. The van der Waals surface area contributed by atoms with Gasteiger partial charge in [0.1, 0.15) is 11.8 Å². The number of amides is 3. The van der Waals surface area contributed by atoms with Crippen LogP contribution in [0.15, 0.2) is 40.4 Å². The van der Waals surface area contributed by atoms with E-state index in [2.05, 4.69) is 21.8 Å². The summed E-state index contributed by atoms with van der Waals surface area (Å²) >= 11 is 0. The predicted octanol–water partition coefficient (Wildman–Crippen LogP) is 5.55. The van der Waals surface area contributed by atoms with Crippen LogP contribution >= 0.6 is 7.37 Å². The lowest BCUT2D eigenvalue weighted by Gasteiger charge is -2.41. The second-order valence-electron chi connectivity index (χ2n) is 18.0. The van der Waals surface area contributed by atoms with Crippen molar-refractivity contribution in [2.24, 2.45) is 27.9 Å². The van der Waals surface area contributed by atoms with E-state index in [0.29, 0.717) is 64.4 Å². The number of carbonyl (C=O) groups excluding carboxylic acids is 4. The number of hydrogen-bond donors (Lipinski definition) is 1. The van der Waals surface area contributed by atoms with E-state index >= 15 is 0 Å².